The Hall–Kier alpha value is -1.19. The quantitative estimate of drug-likeness (QED) is 0.583. The van der Waals surface area contributed by atoms with E-state index in [1.165, 1.54) is 18.2 Å². The molecule has 0 radical (unpaired) electrons. The summed E-state index contributed by atoms with van der Waals surface area (Å²) in [5.41, 5.74) is 0.173. The Labute approximate surface area is 173 Å². The van der Waals surface area contributed by atoms with Crippen molar-refractivity contribution in [3.05, 3.63) is 28.8 Å². The van der Waals surface area contributed by atoms with Crippen molar-refractivity contribution in [1.29, 1.82) is 0 Å². The molecule has 1 heterocycles. The van der Waals surface area contributed by atoms with Crippen LogP contribution in [0.15, 0.2) is 23.1 Å². The Bertz CT molecular complexity index is 762. The number of likely N-dealkylation sites (N-methyl/N-ethyl adjacent to an activating group) is 1. The molecule has 1 aromatic carbocycles. The van der Waals surface area contributed by atoms with Gasteiger partial charge < -0.3 is 15.1 Å². The number of benzene rings is 1. The van der Waals surface area contributed by atoms with Crippen LogP contribution in [0.1, 0.15) is 37.0 Å². The van der Waals surface area contributed by atoms with Gasteiger partial charge in [-0.05, 0) is 58.5 Å². The van der Waals surface area contributed by atoms with Gasteiger partial charge in [-0.2, -0.15) is 0 Å². The van der Waals surface area contributed by atoms with E-state index in [0.717, 1.165) is 45.6 Å². The van der Waals surface area contributed by atoms with Crippen LogP contribution in [0.2, 0.25) is 5.02 Å². The van der Waals surface area contributed by atoms with Crippen LogP contribution in [0.25, 0.3) is 0 Å². The summed E-state index contributed by atoms with van der Waals surface area (Å²) in [4.78, 5) is 17.2. The molecular weight excluding hydrogens is 400 g/mol. The number of halogens is 1. The fourth-order valence-corrected chi connectivity index (χ4v) is 4.53. The van der Waals surface area contributed by atoms with Gasteiger partial charge in [-0.25, -0.2) is 13.1 Å². The molecular formula is C19H31ClN4O3S. The normalized spacial score (nSPS) is 16.5. The van der Waals surface area contributed by atoms with Gasteiger partial charge >= 0.3 is 0 Å². The first-order chi connectivity index (χ1) is 13.2. The van der Waals surface area contributed by atoms with Crippen LogP contribution in [-0.4, -0.2) is 76.5 Å². The average molecular weight is 431 g/mol. The highest BCUT2D eigenvalue weighted by Crippen LogP contribution is 2.20. The lowest BCUT2D eigenvalue weighted by molar-refractivity contribution is 0.0952. The number of nitrogens with one attached hydrogen (secondary N) is 2. The number of unbranched alkanes of at least 4 members (excludes halogenated alkanes) is 1. The Balaban J connectivity index is 1.84. The lowest BCUT2D eigenvalue weighted by Crippen LogP contribution is -2.44. The number of hydrogen-bond acceptors (Lipinski definition) is 5. The minimum atomic E-state index is -3.68. The van der Waals surface area contributed by atoms with E-state index in [9.17, 15) is 13.2 Å². The SMILES string of the molecule is CC(C)NS(=O)(=O)c1ccc(Cl)c(C(=O)NCCCCN2CCN(C)CC2)c1. The smallest absolute Gasteiger partial charge is 0.252 e. The second-order valence-electron chi connectivity index (χ2n) is 7.53. The minimum absolute atomic E-state index is 0.0332. The largest absolute Gasteiger partial charge is 0.352 e. The van der Waals surface area contributed by atoms with Crippen molar-refractivity contribution in [3.8, 4) is 0 Å². The van der Waals surface area contributed by atoms with E-state index in [0.29, 0.717) is 6.54 Å². The highest BCUT2D eigenvalue weighted by molar-refractivity contribution is 7.89. The molecule has 2 rings (SSSR count). The number of nitrogens with zero attached hydrogens (tertiary/aromatic N) is 2. The molecule has 158 valence electrons. The Morgan fingerprint density at radius 1 is 1.18 bits per heavy atom. The van der Waals surface area contributed by atoms with Crippen molar-refractivity contribution in [2.75, 3.05) is 46.3 Å². The topological polar surface area (TPSA) is 81.7 Å². The predicted molar refractivity (Wildman–Crippen MR) is 112 cm³/mol. The maximum atomic E-state index is 12.4. The van der Waals surface area contributed by atoms with Gasteiger partial charge in [-0.15, -0.1) is 0 Å². The molecule has 0 saturated carbocycles. The van der Waals surface area contributed by atoms with Gasteiger partial charge in [-0.3, -0.25) is 4.79 Å². The second kappa shape index (κ2) is 10.5. The summed E-state index contributed by atoms with van der Waals surface area (Å²) in [7, 11) is -1.54. The van der Waals surface area contributed by atoms with E-state index in [4.69, 9.17) is 11.6 Å². The molecule has 0 bridgehead atoms. The number of sulfonamides is 1. The van der Waals surface area contributed by atoms with E-state index in [1.807, 2.05) is 0 Å². The van der Waals surface area contributed by atoms with Gasteiger partial charge in [0.15, 0.2) is 0 Å². The zero-order chi connectivity index (χ0) is 20.7. The summed E-state index contributed by atoms with van der Waals surface area (Å²) in [5.74, 6) is -0.355. The van der Waals surface area contributed by atoms with Gasteiger partial charge in [0.05, 0.1) is 15.5 Å². The molecule has 1 aliphatic rings. The van der Waals surface area contributed by atoms with Crippen molar-refractivity contribution in [2.24, 2.45) is 0 Å². The molecule has 9 heteroatoms. The Morgan fingerprint density at radius 3 is 2.50 bits per heavy atom. The van der Waals surface area contributed by atoms with Gasteiger partial charge in [0, 0.05) is 38.8 Å². The number of carbonyl (C=O) groups is 1. The van der Waals surface area contributed by atoms with Crippen LogP contribution in [-0.2, 0) is 10.0 Å². The monoisotopic (exact) mass is 430 g/mol. The molecule has 1 fully saturated rings. The standard InChI is InChI=1S/C19H31ClN4O3S/c1-15(2)22-28(26,27)16-6-7-18(20)17(14-16)19(25)21-8-4-5-9-24-12-10-23(3)11-13-24/h6-7,14-15,22H,4-5,8-13H2,1-3H3,(H,21,25). The molecule has 28 heavy (non-hydrogen) atoms. The number of piperazine rings is 1. The molecule has 1 aliphatic heterocycles. The molecule has 0 aliphatic carbocycles. The third kappa shape index (κ3) is 7.00. The maximum absolute atomic E-state index is 12.4. The van der Waals surface area contributed by atoms with E-state index >= 15 is 0 Å². The van der Waals surface area contributed by atoms with Crippen molar-refractivity contribution in [3.63, 3.8) is 0 Å². The molecule has 1 amide bonds. The molecule has 0 atom stereocenters. The predicted octanol–water partition coefficient (Wildman–Crippen LogP) is 1.78. The first-order valence-electron chi connectivity index (χ1n) is 9.70. The number of amides is 1. The zero-order valence-corrected chi connectivity index (χ0v) is 18.4. The molecule has 7 nitrogen and oxygen atoms in total. The summed E-state index contributed by atoms with van der Waals surface area (Å²) >= 11 is 6.11. The van der Waals surface area contributed by atoms with Crippen molar-refractivity contribution in [1.82, 2.24) is 19.8 Å². The summed E-state index contributed by atoms with van der Waals surface area (Å²) in [6.07, 6.45) is 1.87. The lowest BCUT2D eigenvalue weighted by Gasteiger charge is -2.32. The number of rotatable bonds is 9. The molecule has 0 unspecified atom stereocenters. The van der Waals surface area contributed by atoms with E-state index in [1.54, 1.807) is 13.8 Å². The Kier molecular flexibility index (Phi) is 8.70. The highest BCUT2D eigenvalue weighted by Gasteiger charge is 2.19. The fourth-order valence-electron chi connectivity index (χ4n) is 3.05. The van der Waals surface area contributed by atoms with Crippen LogP contribution in [0.4, 0.5) is 0 Å². The van der Waals surface area contributed by atoms with E-state index in [-0.39, 0.29) is 27.4 Å². The zero-order valence-electron chi connectivity index (χ0n) is 16.9. The van der Waals surface area contributed by atoms with Crippen LogP contribution >= 0.6 is 11.6 Å². The fraction of sp³-hybridized carbons (Fsp3) is 0.632. The van der Waals surface area contributed by atoms with E-state index in [2.05, 4.69) is 26.9 Å². The van der Waals surface area contributed by atoms with Crippen LogP contribution in [0, 0.1) is 0 Å². The lowest BCUT2D eigenvalue weighted by atomic mass is 10.2. The first-order valence-corrected chi connectivity index (χ1v) is 11.6. The number of hydrogen-bond donors (Lipinski definition) is 2. The first kappa shape index (κ1) is 23.1. The van der Waals surface area contributed by atoms with Gasteiger partial charge in [-0.1, -0.05) is 11.6 Å². The van der Waals surface area contributed by atoms with Crippen LogP contribution in [0.5, 0.6) is 0 Å². The molecule has 0 spiro atoms. The van der Waals surface area contributed by atoms with Gasteiger partial charge in [0.2, 0.25) is 10.0 Å². The third-order valence-corrected chi connectivity index (χ3v) is 6.65. The van der Waals surface area contributed by atoms with Gasteiger partial charge in [0.1, 0.15) is 0 Å². The number of carbonyl (C=O) groups excluding carboxylic acids is 1. The van der Waals surface area contributed by atoms with Crippen LogP contribution in [0.3, 0.4) is 0 Å². The van der Waals surface area contributed by atoms with Crippen molar-refractivity contribution >= 4 is 27.5 Å². The molecule has 2 N–H and O–H groups in total. The Morgan fingerprint density at radius 2 is 1.86 bits per heavy atom. The summed E-state index contributed by atoms with van der Waals surface area (Å²) in [5, 5.41) is 3.07. The highest BCUT2D eigenvalue weighted by atomic mass is 35.5. The summed E-state index contributed by atoms with van der Waals surface area (Å²) < 4.78 is 27.1. The van der Waals surface area contributed by atoms with Crippen molar-refractivity contribution in [2.45, 2.75) is 37.6 Å². The van der Waals surface area contributed by atoms with Crippen LogP contribution < -0.4 is 10.0 Å². The molecule has 1 saturated heterocycles. The average Bonchev–Trinajstić information content (AvgIpc) is 2.62. The minimum Gasteiger partial charge on any atom is -0.352 e. The van der Waals surface area contributed by atoms with Crippen molar-refractivity contribution < 1.29 is 13.2 Å². The summed E-state index contributed by atoms with van der Waals surface area (Å²) in [6, 6.07) is 3.93. The third-order valence-electron chi connectivity index (χ3n) is 4.67. The second-order valence-corrected chi connectivity index (χ2v) is 9.65. The molecule has 0 aromatic heterocycles. The maximum Gasteiger partial charge on any atom is 0.252 e. The summed E-state index contributed by atoms with van der Waals surface area (Å²) in [6.45, 7) is 9.41. The molecule has 1 aromatic rings. The van der Waals surface area contributed by atoms with E-state index < -0.39 is 10.0 Å². The van der Waals surface area contributed by atoms with Gasteiger partial charge in [0.25, 0.3) is 5.91 Å².